The maximum absolute atomic E-state index is 12.5. The second kappa shape index (κ2) is 11.8. The molecule has 0 bridgehead atoms. The molecule has 0 amide bonds. The molecular weight excluding hydrogens is 434 g/mol. The van der Waals surface area contributed by atoms with Crippen LogP contribution in [0.5, 0.6) is 0 Å². The third-order valence-electron chi connectivity index (χ3n) is 5.70. The molecule has 0 radical (unpaired) electrons. The number of nitrogens with zero attached hydrogens (tertiary/aromatic N) is 3. The molecule has 1 saturated heterocycles. The first kappa shape index (κ1) is 24.7. The number of hydrogen-bond acceptors (Lipinski definition) is 5. The van der Waals surface area contributed by atoms with Crippen LogP contribution >= 0.6 is 12.4 Å². The highest BCUT2D eigenvalue weighted by Crippen LogP contribution is 2.21. The van der Waals surface area contributed by atoms with Gasteiger partial charge in [-0.3, -0.25) is 4.90 Å². The number of benzene rings is 2. The van der Waals surface area contributed by atoms with Crippen molar-refractivity contribution in [3.8, 4) is 0 Å². The van der Waals surface area contributed by atoms with E-state index in [1.807, 2.05) is 13.8 Å². The largest absolute Gasteiger partial charge is 0.459 e. The van der Waals surface area contributed by atoms with Gasteiger partial charge in [-0.15, -0.1) is 12.4 Å². The van der Waals surface area contributed by atoms with E-state index in [1.54, 1.807) is 18.3 Å². The molecule has 0 spiro atoms. The van der Waals surface area contributed by atoms with Crippen molar-refractivity contribution in [3.05, 3.63) is 95.2 Å². The molecule has 0 saturated carbocycles. The van der Waals surface area contributed by atoms with Crippen LogP contribution in [-0.4, -0.2) is 48.1 Å². The maximum atomic E-state index is 12.5. The lowest BCUT2D eigenvalue weighted by Gasteiger charge is -2.36. The summed E-state index contributed by atoms with van der Waals surface area (Å²) in [7, 11) is 0. The van der Waals surface area contributed by atoms with Gasteiger partial charge < -0.3 is 9.64 Å². The summed E-state index contributed by atoms with van der Waals surface area (Å²) in [6.07, 6.45) is 2.56. The van der Waals surface area contributed by atoms with E-state index in [0.717, 1.165) is 45.0 Å². The fourth-order valence-electron chi connectivity index (χ4n) is 4.06. The van der Waals surface area contributed by atoms with E-state index in [0.29, 0.717) is 5.56 Å². The molecule has 33 heavy (non-hydrogen) atoms. The number of ether oxygens (including phenoxy) is 1. The van der Waals surface area contributed by atoms with Crippen LogP contribution in [-0.2, 0) is 17.7 Å². The SMILES string of the molecule is CC(C)OC(=O)c1cccnc1N1CCN(Cc2ccc(Cc3ccccc3)cc2)CC1.Cl. The van der Waals surface area contributed by atoms with Crippen molar-refractivity contribution in [2.45, 2.75) is 32.9 Å². The van der Waals surface area contributed by atoms with Crippen molar-refractivity contribution in [2.24, 2.45) is 0 Å². The Morgan fingerprint density at radius 3 is 2.18 bits per heavy atom. The zero-order valence-electron chi connectivity index (χ0n) is 19.3. The number of esters is 1. The molecule has 5 nitrogen and oxygen atoms in total. The van der Waals surface area contributed by atoms with Crippen LogP contribution in [0, 0.1) is 0 Å². The predicted octanol–water partition coefficient (Wildman–Crippen LogP) is 4.98. The van der Waals surface area contributed by atoms with Crippen molar-refractivity contribution in [3.63, 3.8) is 0 Å². The second-order valence-corrected chi connectivity index (χ2v) is 8.57. The van der Waals surface area contributed by atoms with Gasteiger partial charge in [-0.1, -0.05) is 54.6 Å². The summed E-state index contributed by atoms with van der Waals surface area (Å²) < 4.78 is 5.40. The van der Waals surface area contributed by atoms with Crippen molar-refractivity contribution >= 4 is 24.2 Å². The third-order valence-corrected chi connectivity index (χ3v) is 5.70. The summed E-state index contributed by atoms with van der Waals surface area (Å²) in [5.41, 5.74) is 4.54. The van der Waals surface area contributed by atoms with Crippen LogP contribution in [0.25, 0.3) is 0 Å². The number of pyridine rings is 1. The standard InChI is InChI=1S/C27H31N3O2.ClH/c1-21(2)32-27(31)25-9-6-14-28-26(25)30-17-15-29(16-18-30)20-24-12-10-23(11-13-24)19-22-7-4-3-5-8-22;/h3-14,21H,15-20H2,1-2H3;1H. The predicted molar refractivity (Wildman–Crippen MR) is 135 cm³/mol. The first-order valence-corrected chi connectivity index (χ1v) is 11.3. The van der Waals surface area contributed by atoms with E-state index in [4.69, 9.17) is 4.74 Å². The molecule has 2 heterocycles. The Kier molecular flexibility index (Phi) is 8.87. The maximum Gasteiger partial charge on any atom is 0.342 e. The van der Waals surface area contributed by atoms with Crippen LogP contribution in [0.2, 0.25) is 0 Å². The van der Waals surface area contributed by atoms with Crippen LogP contribution in [0.3, 0.4) is 0 Å². The molecule has 0 aliphatic carbocycles. The number of carbonyl (C=O) groups excluding carboxylic acids is 1. The normalized spacial score (nSPS) is 14.1. The summed E-state index contributed by atoms with van der Waals surface area (Å²) in [4.78, 5) is 21.6. The smallest absolute Gasteiger partial charge is 0.342 e. The first-order valence-electron chi connectivity index (χ1n) is 11.3. The number of aromatic nitrogens is 1. The number of anilines is 1. The van der Waals surface area contributed by atoms with Crippen LogP contribution in [0.1, 0.15) is 40.9 Å². The van der Waals surface area contributed by atoms with Gasteiger partial charge in [-0.05, 0) is 49.1 Å². The van der Waals surface area contributed by atoms with Gasteiger partial charge in [-0.25, -0.2) is 9.78 Å². The average molecular weight is 466 g/mol. The molecule has 174 valence electrons. The van der Waals surface area contributed by atoms with Gasteiger partial charge in [-0.2, -0.15) is 0 Å². The fourth-order valence-corrected chi connectivity index (χ4v) is 4.06. The molecule has 0 atom stereocenters. The monoisotopic (exact) mass is 465 g/mol. The number of carbonyl (C=O) groups is 1. The fraction of sp³-hybridized carbons (Fsp3) is 0.333. The minimum absolute atomic E-state index is 0. The molecule has 6 heteroatoms. The van der Waals surface area contributed by atoms with E-state index >= 15 is 0 Å². The quantitative estimate of drug-likeness (QED) is 0.460. The summed E-state index contributed by atoms with van der Waals surface area (Å²) >= 11 is 0. The van der Waals surface area contributed by atoms with Crippen molar-refractivity contribution in [2.75, 3.05) is 31.1 Å². The van der Waals surface area contributed by atoms with E-state index in [1.165, 1.54) is 16.7 Å². The van der Waals surface area contributed by atoms with E-state index in [-0.39, 0.29) is 24.5 Å². The molecule has 4 rings (SSSR count). The number of piperazine rings is 1. The van der Waals surface area contributed by atoms with Crippen LogP contribution in [0.4, 0.5) is 5.82 Å². The first-order chi connectivity index (χ1) is 15.6. The Balaban J connectivity index is 0.00000306. The van der Waals surface area contributed by atoms with Crippen molar-refractivity contribution in [1.29, 1.82) is 0 Å². The van der Waals surface area contributed by atoms with E-state index in [2.05, 4.69) is 69.4 Å². The molecule has 0 N–H and O–H groups in total. The van der Waals surface area contributed by atoms with Gasteiger partial charge >= 0.3 is 5.97 Å². The Labute approximate surface area is 202 Å². The van der Waals surface area contributed by atoms with E-state index in [9.17, 15) is 4.79 Å². The zero-order chi connectivity index (χ0) is 22.3. The zero-order valence-corrected chi connectivity index (χ0v) is 20.1. The van der Waals surface area contributed by atoms with Crippen LogP contribution < -0.4 is 4.90 Å². The van der Waals surface area contributed by atoms with E-state index < -0.39 is 0 Å². The van der Waals surface area contributed by atoms with Gasteiger partial charge in [0.25, 0.3) is 0 Å². The van der Waals surface area contributed by atoms with Crippen molar-refractivity contribution in [1.82, 2.24) is 9.88 Å². The summed E-state index contributed by atoms with van der Waals surface area (Å²) in [5, 5.41) is 0. The van der Waals surface area contributed by atoms with Gasteiger partial charge in [0.15, 0.2) is 0 Å². The third kappa shape index (κ3) is 6.80. The highest BCUT2D eigenvalue weighted by atomic mass is 35.5. The average Bonchev–Trinajstić information content (AvgIpc) is 2.81. The van der Waals surface area contributed by atoms with Gasteiger partial charge in [0.05, 0.1) is 6.10 Å². The molecule has 2 aromatic carbocycles. The van der Waals surface area contributed by atoms with Gasteiger partial charge in [0.2, 0.25) is 0 Å². The van der Waals surface area contributed by atoms with Gasteiger partial charge in [0, 0.05) is 38.9 Å². The van der Waals surface area contributed by atoms with Gasteiger partial charge in [0.1, 0.15) is 11.4 Å². The molecule has 1 aromatic heterocycles. The molecule has 1 aliphatic heterocycles. The van der Waals surface area contributed by atoms with Crippen LogP contribution in [0.15, 0.2) is 72.9 Å². The minimum Gasteiger partial charge on any atom is -0.459 e. The lowest BCUT2D eigenvalue weighted by molar-refractivity contribution is 0.0378. The molecule has 1 aliphatic rings. The Bertz CT molecular complexity index is 1020. The Morgan fingerprint density at radius 1 is 0.879 bits per heavy atom. The molecule has 0 unspecified atom stereocenters. The lowest BCUT2D eigenvalue weighted by atomic mass is 10.0. The Hall–Kier alpha value is -2.89. The van der Waals surface area contributed by atoms with Crippen molar-refractivity contribution < 1.29 is 9.53 Å². The topological polar surface area (TPSA) is 45.7 Å². The number of halogens is 1. The number of hydrogen-bond donors (Lipinski definition) is 0. The second-order valence-electron chi connectivity index (χ2n) is 8.57. The Morgan fingerprint density at radius 2 is 1.52 bits per heavy atom. The molecule has 3 aromatic rings. The lowest BCUT2D eigenvalue weighted by Crippen LogP contribution is -2.46. The number of rotatable bonds is 7. The highest BCUT2D eigenvalue weighted by Gasteiger charge is 2.23. The minimum atomic E-state index is -0.305. The molecule has 1 fully saturated rings. The summed E-state index contributed by atoms with van der Waals surface area (Å²) in [5.74, 6) is 0.421. The molecular formula is C27H32ClN3O2. The highest BCUT2D eigenvalue weighted by molar-refractivity contribution is 5.94. The summed E-state index contributed by atoms with van der Waals surface area (Å²) in [6.45, 7) is 8.20. The summed E-state index contributed by atoms with van der Waals surface area (Å²) in [6, 6.07) is 23.1.